The topological polar surface area (TPSA) is 39.6 Å². The SMILES string of the molecule is CCCc1nc(N(C)CCN2CCCC2)sc1CO. The van der Waals surface area contributed by atoms with Crippen molar-refractivity contribution in [3.05, 3.63) is 10.6 Å². The van der Waals surface area contributed by atoms with Gasteiger partial charge in [0.2, 0.25) is 0 Å². The number of anilines is 1. The number of hydrogen-bond acceptors (Lipinski definition) is 5. The number of nitrogens with zero attached hydrogens (tertiary/aromatic N) is 3. The highest BCUT2D eigenvalue weighted by Gasteiger charge is 2.15. The summed E-state index contributed by atoms with van der Waals surface area (Å²) in [5.41, 5.74) is 1.08. The summed E-state index contributed by atoms with van der Waals surface area (Å²) in [6.07, 6.45) is 4.73. The minimum absolute atomic E-state index is 0.118. The number of aliphatic hydroxyl groups excluding tert-OH is 1. The molecule has 19 heavy (non-hydrogen) atoms. The molecule has 1 saturated heterocycles. The number of hydrogen-bond donors (Lipinski definition) is 1. The van der Waals surface area contributed by atoms with Crippen molar-refractivity contribution in [1.82, 2.24) is 9.88 Å². The molecule has 1 aromatic heterocycles. The highest BCUT2D eigenvalue weighted by Crippen LogP contribution is 2.26. The van der Waals surface area contributed by atoms with Crippen molar-refractivity contribution in [2.75, 3.05) is 38.1 Å². The van der Waals surface area contributed by atoms with Crippen LogP contribution in [-0.4, -0.2) is 48.2 Å². The van der Waals surface area contributed by atoms with Gasteiger partial charge < -0.3 is 14.9 Å². The van der Waals surface area contributed by atoms with Crippen LogP contribution in [0.5, 0.6) is 0 Å². The molecular weight excluding hydrogens is 258 g/mol. The van der Waals surface area contributed by atoms with Gasteiger partial charge in [-0.3, -0.25) is 0 Å². The number of aliphatic hydroxyl groups is 1. The summed E-state index contributed by atoms with van der Waals surface area (Å²) in [5, 5.41) is 10.4. The van der Waals surface area contributed by atoms with E-state index in [2.05, 4.69) is 28.8 Å². The predicted octanol–water partition coefficient (Wildman–Crippen LogP) is 2.12. The Morgan fingerprint density at radius 1 is 1.37 bits per heavy atom. The predicted molar refractivity (Wildman–Crippen MR) is 81.0 cm³/mol. The van der Waals surface area contributed by atoms with Gasteiger partial charge >= 0.3 is 0 Å². The zero-order valence-electron chi connectivity index (χ0n) is 12.1. The maximum atomic E-state index is 9.39. The second kappa shape index (κ2) is 7.22. The highest BCUT2D eigenvalue weighted by molar-refractivity contribution is 7.15. The van der Waals surface area contributed by atoms with Crippen LogP contribution in [0, 0.1) is 0 Å². The van der Waals surface area contributed by atoms with E-state index in [9.17, 15) is 5.11 Å². The number of rotatable bonds is 7. The van der Waals surface area contributed by atoms with Crippen LogP contribution in [0.2, 0.25) is 0 Å². The molecule has 2 rings (SSSR count). The summed E-state index contributed by atoms with van der Waals surface area (Å²) < 4.78 is 0. The van der Waals surface area contributed by atoms with Crippen molar-refractivity contribution >= 4 is 16.5 Å². The number of likely N-dealkylation sites (N-methyl/N-ethyl adjacent to an activating group) is 1. The second-order valence-electron chi connectivity index (χ2n) is 5.24. The molecule has 0 amide bonds. The Morgan fingerprint density at radius 2 is 2.11 bits per heavy atom. The molecular formula is C14H25N3OS. The Hall–Kier alpha value is -0.650. The first-order valence-electron chi connectivity index (χ1n) is 7.27. The third-order valence-corrected chi connectivity index (χ3v) is 4.87. The summed E-state index contributed by atoms with van der Waals surface area (Å²) in [7, 11) is 2.10. The molecule has 0 aliphatic carbocycles. The third-order valence-electron chi connectivity index (χ3n) is 3.67. The molecule has 0 aromatic carbocycles. The Balaban J connectivity index is 1.91. The van der Waals surface area contributed by atoms with Gasteiger partial charge in [-0.25, -0.2) is 4.98 Å². The quantitative estimate of drug-likeness (QED) is 0.832. The van der Waals surface area contributed by atoms with Crippen LogP contribution in [0.1, 0.15) is 36.8 Å². The van der Waals surface area contributed by atoms with Crippen molar-refractivity contribution in [1.29, 1.82) is 0 Å². The lowest BCUT2D eigenvalue weighted by Crippen LogP contribution is -2.31. The molecule has 1 aromatic rings. The van der Waals surface area contributed by atoms with E-state index in [4.69, 9.17) is 0 Å². The molecule has 5 heteroatoms. The Morgan fingerprint density at radius 3 is 2.74 bits per heavy atom. The largest absolute Gasteiger partial charge is 0.391 e. The Labute approximate surface area is 120 Å². The third kappa shape index (κ3) is 3.91. The fourth-order valence-corrected chi connectivity index (χ4v) is 3.44. The summed E-state index contributed by atoms with van der Waals surface area (Å²) in [4.78, 5) is 10.5. The van der Waals surface area contributed by atoms with E-state index >= 15 is 0 Å². The van der Waals surface area contributed by atoms with Crippen molar-refractivity contribution < 1.29 is 5.11 Å². The second-order valence-corrected chi connectivity index (χ2v) is 6.31. The molecule has 108 valence electrons. The molecule has 0 radical (unpaired) electrons. The first-order chi connectivity index (χ1) is 9.24. The summed E-state index contributed by atoms with van der Waals surface area (Å²) >= 11 is 1.64. The zero-order valence-corrected chi connectivity index (χ0v) is 12.9. The minimum Gasteiger partial charge on any atom is -0.391 e. The Kier molecular flexibility index (Phi) is 5.60. The highest BCUT2D eigenvalue weighted by atomic mass is 32.1. The van der Waals surface area contributed by atoms with E-state index in [0.717, 1.165) is 41.6 Å². The first-order valence-corrected chi connectivity index (χ1v) is 8.09. The zero-order chi connectivity index (χ0) is 13.7. The van der Waals surface area contributed by atoms with E-state index in [0.29, 0.717) is 0 Å². The van der Waals surface area contributed by atoms with Gasteiger partial charge in [-0.15, -0.1) is 0 Å². The van der Waals surface area contributed by atoms with Crippen LogP contribution in [0.25, 0.3) is 0 Å². The molecule has 1 N–H and O–H groups in total. The van der Waals surface area contributed by atoms with Crippen molar-refractivity contribution in [2.45, 2.75) is 39.2 Å². The van der Waals surface area contributed by atoms with Crippen molar-refractivity contribution in [3.8, 4) is 0 Å². The standard InChI is InChI=1S/C14H25N3OS/c1-3-6-12-13(11-18)19-14(15-12)16(2)9-10-17-7-4-5-8-17/h18H,3-11H2,1-2H3. The molecule has 0 unspecified atom stereocenters. The van der Waals surface area contributed by atoms with Gasteiger partial charge in [-0.1, -0.05) is 24.7 Å². The molecule has 0 atom stereocenters. The van der Waals surface area contributed by atoms with Crippen LogP contribution >= 0.6 is 11.3 Å². The van der Waals surface area contributed by atoms with Gasteiger partial charge in [0.25, 0.3) is 0 Å². The van der Waals surface area contributed by atoms with Crippen LogP contribution in [0.15, 0.2) is 0 Å². The van der Waals surface area contributed by atoms with Gasteiger partial charge in [0, 0.05) is 20.1 Å². The lowest BCUT2D eigenvalue weighted by molar-refractivity contribution is 0.284. The van der Waals surface area contributed by atoms with Gasteiger partial charge in [0.1, 0.15) is 0 Å². The van der Waals surface area contributed by atoms with E-state index in [1.54, 1.807) is 11.3 Å². The molecule has 1 aliphatic heterocycles. The van der Waals surface area contributed by atoms with Crippen molar-refractivity contribution in [3.63, 3.8) is 0 Å². The maximum Gasteiger partial charge on any atom is 0.185 e. The lowest BCUT2D eigenvalue weighted by Gasteiger charge is -2.20. The van der Waals surface area contributed by atoms with Crippen LogP contribution in [0.3, 0.4) is 0 Å². The fraction of sp³-hybridized carbons (Fsp3) is 0.786. The normalized spacial score (nSPS) is 16.2. The van der Waals surface area contributed by atoms with Gasteiger partial charge in [0.05, 0.1) is 17.2 Å². The monoisotopic (exact) mass is 283 g/mol. The van der Waals surface area contributed by atoms with Gasteiger partial charge in [0.15, 0.2) is 5.13 Å². The van der Waals surface area contributed by atoms with Crippen LogP contribution in [0.4, 0.5) is 5.13 Å². The maximum absolute atomic E-state index is 9.39. The molecule has 0 saturated carbocycles. The smallest absolute Gasteiger partial charge is 0.185 e. The molecule has 1 fully saturated rings. The lowest BCUT2D eigenvalue weighted by atomic mass is 10.2. The number of aryl methyl sites for hydroxylation is 1. The van der Waals surface area contributed by atoms with E-state index in [1.165, 1.54) is 25.9 Å². The molecule has 4 nitrogen and oxygen atoms in total. The summed E-state index contributed by atoms with van der Waals surface area (Å²) in [5.74, 6) is 0. The summed E-state index contributed by atoms with van der Waals surface area (Å²) in [6.45, 7) is 6.89. The number of aromatic nitrogens is 1. The van der Waals surface area contributed by atoms with E-state index in [1.807, 2.05) is 0 Å². The average molecular weight is 283 g/mol. The fourth-order valence-electron chi connectivity index (χ4n) is 2.48. The van der Waals surface area contributed by atoms with Gasteiger partial charge in [-0.05, 0) is 32.4 Å². The molecule has 2 heterocycles. The van der Waals surface area contributed by atoms with Gasteiger partial charge in [-0.2, -0.15) is 0 Å². The number of thiazole rings is 1. The van der Waals surface area contributed by atoms with Crippen LogP contribution < -0.4 is 4.90 Å². The minimum atomic E-state index is 0.118. The Bertz CT molecular complexity index is 388. The molecule has 0 bridgehead atoms. The average Bonchev–Trinajstić information content (AvgIpc) is 3.05. The molecule has 0 spiro atoms. The van der Waals surface area contributed by atoms with Crippen molar-refractivity contribution in [2.24, 2.45) is 0 Å². The number of likely N-dealkylation sites (tertiary alicyclic amines) is 1. The molecule has 1 aliphatic rings. The van der Waals surface area contributed by atoms with E-state index < -0.39 is 0 Å². The van der Waals surface area contributed by atoms with Crippen LogP contribution in [-0.2, 0) is 13.0 Å². The first kappa shape index (κ1) is 14.8. The summed E-state index contributed by atoms with van der Waals surface area (Å²) in [6, 6.07) is 0. The van der Waals surface area contributed by atoms with E-state index in [-0.39, 0.29) is 6.61 Å².